The Morgan fingerprint density at radius 1 is 1.10 bits per heavy atom. The molecule has 18 heteroatoms. The van der Waals surface area contributed by atoms with E-state index in [0.29, 0.717) is 22.8 Å². The number of carbonyl (C=O) groups is 3. The Morgan fingerprint density at radius 3 is 2.56 bits per heavy atom. The van der Waals surface area contributed by atoms with E-state index >= 15 is 0 Å². The average molecular weight is 715 g/mol. The molecule has 4 amide bonds. The summed E-state index contributed by atoms with van der Waals surface area (Å²) < 4.78 is 48.6. The zero-order valence-corrected chi connectivity index (χ0v) is 28.1. The summed E-state index contributed by atoms with van der Waals surface area (Å²) in [4.78, 5) is 59.7. The minimum Gasteiger partial charge on any atom is -0.447 e. The first kappa shape index (κ1) is 38.5. The molecule has 262 valence electrons. The number of benzene rings is 2. The Hall–Kier alpha value is -3.92. The third kappa shape index (κ3) is 12.9. The smallest absolute Gasteiger partial charge is 0.447 e. The summed E-state index contributed by atoms with van der Waals surface area (Å²) in [6.07, 6.45) is 1.12. The summed E-state index contributed by atoms with van der Waals surface area (Å²) in [6, 6.07) is 8.57. The van der Waals surface area contributed by atoms with Crippen molar-refractivity contribution in [3.8, 4) is 0 Å². The predicted molar refractivity (Wildman–Crippen MR) is 174 cm³/mol. The molecule has 0 saturated carbocycles. The first-order chi connectivity index (χ1) is 22.5. The van der Waals surface area contributed by atoms with Crippen molar-refractivity contribution in [3.05, 3.63) is 70.9 Å². The quantitative estimate of drug-likeness (QED) is 0.0679. The first-order valence-electron chi connectivity index (χ1n) is 14.7. The maximum atomic E-state index is 14.0. The standard InChI is InChI=1S/C30H38ClF2N6O8P/c1-19(40)39(37-15-21-6-4-8-25(33)27(21)31)24(7-5-11-34-28(41)36-17-30(2,3)18-47-48(43,44)45)16-46-29(42)38-26-13-22-12-23(32)10-9-20(22)14-35-26/h4,6,8-10,12-14,24,37H,5,7,11,15-18H2,1-3H3,(H2,34,36,41)(H,35,38,42)(H2,43,44,45)/t24-/m0/s1. The Labute approximate surface area is 280 Å². The molecule has 1 heterocycles. The molecule has 0 saturated heterocycles. The number of halogens is 3. The van der Waals surface area contributed by atoms with Gasteiger partial charge >= 0.3 is 19.9 Å². The minimum atomic E-state index is -4.66. The number of carbonyl (C=O) groups excluding carboxylic acids is 3. The van der Waals surface area contributed by atoms with Crippen LogP contribution in [0.15, 0.2) is 48.7 Å². The number of pyridine rings is 1. The minimum absolute atomic E-state index is 0.0292. The molecule has 0 radical (unpaired) electrons. The van der Waals surface area contributed by atoms with Gasteiger partial charge in [0.05, 0.1) is 17.7 Å². The number of phosphoric acid groups is 1. The third-order valence-electron chi connectivity index (χ3n) is 6.85. The van der Waals surface area contributed by atoms with Gasteiger partial charge in [0.15, 0.2) is 0 Å². The number of anilines is 1. The van der Waals surface area contributed by atoms with Crippen LogP contribution in [0.5, 0.6) is 0 Å². The van der Waals surface area contributed by atoms with E-state index in [0.717, 1.165) is 0 Å². The van der Waals surface area contributed by atoms with Gasteiger partial charge in [-0.3, -0.25) is 19.6 Å². The Bertz CT molecular complexity index is 1650. The fourth-order valence-electron chi connectivity index (χ4n) is 4.36. The molecule has 0 bridgehead atoms. The molecule has 0 aliphatic heterocycles. The van der Waals surface area contributed by atoms with Crippen LogP contribution in [0, 0.1) is 17.0 Å². The van der Waals surface area contributed by atoms with Crippen LogP contribution in [-0.2, 0) is 25.2 Å². The van der Waals surface area contributed by atoms with E-state index in [1.54, 1.807) is 26.0 Å². The number of hydrazine groups is 1. The van der Waals surface area contributed by atoms with Crippen molar-refractivity contribution >= 4 is 54.0 Å². The summed E-state index contributed by atoms with van der Waals surface area (Å²) in [5, 5.41) is 10.0. The second-order valence-electron chi connectivity index (χ2n) is 11.6. The average Bonchev–Trinajstić information content (AvgIpc) is 3.01. The van der Waals surface area contributed by atoms with E-state index in [-0.39, 0.29) is 50.1 Å². The van der Waals surface area contributed by atoms with Crippen molar-refractivity contribution in [1.82, 2.24) is 26.1 Å². The normalized spacial score (nSPS) is 12.3. The van der Waals surface area contributed by atoms with Gasteiger partial charge in [0, 0.05) is 43.6 Å². The highest BCUT2D eigenvalue weighted by atomic mass is 35.5. The van der Waals surface area contributed by atoms with Crippen molar-refractivity contribution in [2.45, 2.75) is 46.2 Å². The lowest BCUT2D eigenvalue weighted by Crippen LogP contribution is -2.51. The molecule has 0 unspecified atom stereocenters. The fourth-order valence-corrected chi connectivity index (χ4v) is 5.07. The van der Waals surface area contributed by atoms with E-state index < -0.39 is 48.9 Å². The molecule has 48 heavy (non-hydrogen) atoms. The van der Waals surface area contributed by atoms with Crippen LogP contribution in [0.1, 0.15) is 39.2 Å². The number of urea groups is 1. The Kier molecular flexibility index (Phi) is 14.0. The molecule has 14 nitrogen and oxygen atoms in total. The maximum absolute atomic E-state index is 14.0. The van der Waals surface area contributed by atoms with Crippen LogP contribution in [0.2, 0.25) is 5.02 Å². The van der Waals surface area contributed by atoms with Crippen molar-refractivity contribution in [2.75, 3.05) is 31.6 Å². The SMILES string of the molecule is CC(=O)N(NCc1cccc(F)c1Cl)[C@@H](CCCNC(=O)NCC(C)(C)COP(=O)(O)O)COC(=O)Nc1cc2cc(F)ccc2cn1. The summed E-state index contributed by atoms with van der Waals surface area (Å²) in [5.74, 6) is -1.41. The monoisotopic (exact) mass is 714 g/mol. The third-order valence-corrected chi connectivity index (χ3v) is 7.74. The van der Waals surface area contributed by atoms with Crippen LogP contribution in [0.4, 0.5) is 24.2 Å². The van der Waals surface area contributed by atoms with Crippen molar-refractivity contribution in [3.63, 3.8) is 0 Å². The van der Waals surface area contributed by atoms with Gasteiger partial charge in [0.2, 0.25) is 5.91 Å². The molecule has 0 spiro atoms. The van der Waals surface area contributed by atoms with E-state index in [4.69, 9.17) is 26.1 Å². The second kappa shape index (κ2) is 17.5. The molecule has 0 fully saturated rings. The fraction of sp³-hybridized carbons (Fsp3) is 0.400. The number of ether oxygens (including phenoxy) is 1. The van der Waals surface area contributed by atoms with Crippen LogP contribution >= 0.6 is 19.4 Å². The van der Waals surface area contributed by atoms with Crippen LogP contribution in [-0.4, -0.2) is 70.2 Å². The highest BCUT2D eigenvalue weighted by Gasteiger charge is 2.26. The van der Waals surface area contributed by atoms with E-state index in [2.05, 4.69) is 30.9 Å². The van der Waals surface area contributed by atoms with Gasteiger partial charge in [-0.2, -0.15) is 0 Å². The number of nitrogens with one attached hydrogen (secondary N) is 4. The molecule has 0 aliphatic carbocycles. The number of fused-ring (bicyclic) bond motifs is 1. The molecule has 1 aromatic heterocycles. The highest BCUT2D eigenvalue weighted by Crippen LogP contribution is 2.37. The number of aromatic nitrogens is 1. The number of hydrogen-bond acceptors (Lipinski definition) is 8. The van der Waals surface area contributed by atoms with Gasteiger partial charge in [0.1, 0.15) is 24.1 Å². The van der Waals surface area contributed by atoms with Crippen molar-refractivity contribution in [1.29, 1.82) is 0 Å². The van der Waals surface area contributed by atoms with Crippen LogP contribution in [0.25, 0.3) is 10.8 Å². The summed E-state index contributed by atoms with van der Waals surface area (Å²) in [6.45, 7) is 4.17. The largest absolute Gasteiger partial charge is 0.469 e. The first-order valence-corrected chi connectivity index (χ1v) is 16.6. The van der Waals surface area contributed by atoms with Gasteiger partial charge in [-0.15, -0.1) is 0 Å². The van der Waals surface area contributed by atoms with Crippen molar-refractivity contribution < 1.29 is 46.8 Å². The zero-order chi connectivity index (χ0) is 35.5. The molecule has 3 aromatic rings. The zero-order valence-electron chi connectivity index (χ0n) is 26.5. The van der Waals surface area contributed by atoms with E-state index in [1.807, 2.05) is 0 Å². The molecular weight excluding hydrogens is 677 g/mol. The summed E-state index contributed by atoms with van der Waals surface area (Å²) >= 11 is 6.07. The Morgan fingerprint density at radius 2 is 1.85 bits per heavy atom. The second-order valence-corrected chi connectivity index (χ2v) is 13.2. The molecular formula is C30H38ClF2N6O8P. The Balaban J connectivity index is 1.61. The molecule has 3 rings (SSSR count). The summed E-state index contributed by atoms with van der Waals surface area (Å²) in [7, 11) is -4.66. The van der Waals surface area contributed by atoms with Crippen LogP contribution < -0.4 is 21.4 Å². The summed E-state index contributed by atoms with van der Waals surface area (Å²) in [5.41, 5.74) is 2.52. The lowest BCUT2D eigenvalue weighted by atomic mass is 9.95. The lowest BCUT2D eigenvalue weighted by molar-refractivity contribution is -0.136. The number of rotatable bonds is 16. The van der Waals surface area contributed by atoms with Gasteiger partial charge in [-0.1, -0.05) is 37.6 Å². The van der Waals surface area contributed by atoms with E-state index in [9.17, 15) is 27.7 Å². The molecule has 6 N–H and O–H groups in total. The number of nitrogens with zero attached hydrogens (tertiary/aromatic N) is 2. The number of amides is 4. The van der Waals surface area contributed by atoms with Gasteiger partial charge in [-0.25, -0.2) is 33.3 Å². The lowest BCUT2D eigenvalue weighted by Gasteiger charge is -2.31. The van der Waals surface area contributed by atoms with E-state index in [1.165, 1.54) is 48.5 Å². The number of hydrogen-bond donors (Lipinski definition) is 6. The van der Waals surface area contributed by atoms with Crippen molar-refractivity contribution in [2.24, 2.45) is 5.41 Å². The highest BCUT2D eigenvalue weighted by molar-refractivity contribution is 7.46. The van der Waals surface area contributed by atoms with Gasteiger partial charge in [-0.05, 0) is 54.1 Å². The van der Waals surface area contributed by atoms with Gasteiger partial charge in [0.25, 0.3) is 0 Å². The van der Waals surface area contributed by atoms with Crippen LogP contribution in [0.3, 0.4) is 0 Å². The molecule has 2 aromatic carbocycles. The topological polar surface area (TPSA) is 191 Å². The van der Waals surface area contributed by atoms with Gasteiger partial charge < -0.3 is 25.2 Å². The molecule has 1 atom stereocenters. The maximum Gasteiger partial charge on any atom is 0.469 e. The molecule has 0 aliphatic rings. The predicted octanol–water partition coefficient (Wildman–Crippen LogP) is 4.85. The number of phosphoric ester groups is 1.